The van der Waals surface area contributed by atoms with Gasteiger partial charge in [-0.25, -0.2) is 4.79 Å². The largest absolute Gasteiger partial charge is 0.493 e. The molecular weight excluding hydrogens is 827 g/mol. The Balaban J connectivity index is 1.02. The van der Waals surface area contributed by atoms with E-state index < -0.39 is 16.2 Å². The van der Waals surface area contributed by atoms with Crippen LogP contribution in [0.1, 0.15) is 45.8 Å². The number of nitrogens with zero attached hydrogens (tertiary/aromatic N) is 7. The lowest BCUT2D eigenvalue weighted by molar-refractivity contribution is 0.0683. The van der Waals surface area contributed by atoms with Crippen LogP contribution in [0.5, 0.6) is 11.5 Å². The number of carboxylic acid groups (broad SMARTS) is 1. The van der Waals surface area contributed by atoms with E-state index in [1.165, 1.54) is 14.2 Å². The molecule has 332 valence electrons. The number of carboxylic acids is 1. The van der Waals surface area contributed by atoms with Crippen LogP contribution in [0, 0.1) is 0 Å². The number of para-hydroxylation sites is 1. The number of benzene rings is 5. The van der Waals surface area contributed by atoms with Gasteiger partial charge in [0.25, 0.3) is 10.2 Å². The number of hydrogen-bond acceptors (Lipinski definition) is 8. The van der Waals surface area contributed by atoms with Crippen LogP contribution >= 0.6 is 0 Å². The molecule has 2 aliphatic rings. The van der Waals surface area contributed by atoms with Gasteiger partial charge in [0, 0.05) is 101 Å². The molecule has 14 heteroatoms. The van der Waals surface area contributed by atoms with Gasteiger partial charge in [0.2, 0.25) is 0 Å². The van der Waals surface area contributed by atoms with Crippen molar-refractivity contribution in [1.29, 1.82) is 0 Å². The summed E-state index contributed by atoms with van der Waals surface area (Å²) in [6, 6.07) is 38.8. The number of aromatic carboxylic acids is 1. The van der Waals surface area contributed by atoms with Gasteiger partial charge in [-0.2, -0.15) is 22.1 Å². The van der Waals surface area contributed by atoms with E-state index >= 15 is 0 Å². The van der Waals surface area contributed by atoms with Gasteiger partial charge in [0.05, 0.1) is 17.8 Å². The van der Waals surface area contributed by atoms with E-state index in [9.17, 15) is 18.3 Å². The highest BCUT2D eigenvalue weighted by Gasteiger charge is 2.31. The first-order chi connectivity index (χ1) is 31.1. The fraction of sp³-hybridized carbons (Fsp3) is 0.320. The Kier molecular flexibility index (Phi) is 12.5. The van der Waals surface area contributed by atoms with Crippen LogP contribution in [0.25, 0.3) is 32.8 Å². The van der Waals surface area contributed by atoms with Crippen LogP contribution in [0.3, 0.4) is 0 Å². The normalized spacial score (nSPS) is 15.2. The fourth-order valence-corrected chi connectivity index (χ4v) is 10.5. The lowest BCUT2D eigenvalue weighted by atomic mass is 9.97. The molecule has 9 rings (SSSR count). The lowest BCUT2D eigenvalue weighted by Crippen LogP contribution is -2.51. The van der Waals surface area contributed by atoms with Crippen molar-refractivity contribution < 1.29 is 27.8 Å². The van der Waals surface area contributed by atoms with Crippen LogP contribution < -0.4 is 14.4 Å². The summed E-state index contributed by atoms with van der Waals surface area (Å²) >= 11 is 0. The van der Waals surface area contributed by atoms with Crippen LogP contribution in [-0.4, -0.2) is 101 Å². The molecule has 0 aliphatic carbocycles. The van der Waals surface area contributed by atoms with E-state index in [1.807, 2.05) is 77.0 Å². The number of carbonyl (C=O) groups is 1. The Labute approximate surface area is 374 Å². The van der Waals surface area contributed by atoms with Crippen LogP contribution in [-0.2, 0) is 49.9 Å². The molecule has 5 aromatic carbocycles. The summed E-state index contributed by atoms with van der Waals surface area (Å²) in [5.74, 6) is 0.567. The Morgan fingerprint density at radius 2 is 1.52 bits per heavy atom. The zero-order valence-corrected chi connectivity index (χ0v) is 37.5. The standard InChI is InChI=1S/C50H55N7O6S/c1-52(2)64(60,61)56-30-28-55(29-31-56)38-22-24-39(25-23-38)63-35-44-47-43-19-10-18-41-42(20-11-32-62-46-21-9-16-37-15-7-8-17-40(37)46)49(50(58)59)57(48(41)43)27-12-26-54(34-45(47)53(3)51-44)33-36-13-5-4-6-14-36/h4-10,13-19,21-25H,11-12,20,26-35H2,1-3H3,(H,58,59). The average molecular weight is 882 g/mol. The Bertz CT molecular complexity index is 2880. The first-order valence-electron chi connectivity index (χ1n) is 22.0. The summed E-state index contributed by atoms with van der Waals surface area (Å²) in [6.07, 6.45) is 1.94. The van der Waals surface area contributed by atoms with Crippen LogP contribution in [0.2, 0.25) is 0 Å². The van der Waals surface area contributed by atoms with Crippen molar-refractivity contribution in [3.05, 3.63) is 143 Å². The first-order valence-corrected chi connectivity index (χ1v) is 23.4. The van der Waals surface area contributed by atoms with Gasteiger partial charge >= 0.3 is 5.97 Å². The third-order valence-electron chi connectivity index (χ3n) is 12.6. The molecule has 0 amide bonds. The van der Waals surface area contributed by atoms with Crippen molar-refractivity contribution in [2.24, 2.45) is 7.05 Å². The van der Waals surface area contributed by atoms with Gasteiger partial charge in [-0.15, -0.1) is 0 Å². The van der Waals surface area contributed by atoms with Crippen molar-refractivity contribution in [1.82, 2.24) is 27.9 Å². The highest BCUT2D eigenvalue weighted by molar-refractivity contribution is 7.86. The molecule has 0 unspecified atom stereocenters. The summed E-state index contributed by atoms with van der Waals surface area (Å²) in [5, 5.41) is 19.2. The molecule has 4 heterocycles. The number of piperazine rings is 1. The molecule has 0 radical (unpaired) electrons. The number of aryl methyl sites for hydroxylation is 3. The van der Waals surface area contributed by atoms with E-state index in [0.717, 1.165) is 80.7 Å². The van der Waals surface area contributed by atoms with E-state index in [4.69, 9.17) is 14.6 Å². The van der Waals surface area contributed by atoms with Gasteiger partial charge in [0.1, 0.15) is 29.5 Å². The Hall–Kier alpha value is -6.19. The smallest absolute Gasteiger partial charge is 0.352 e. The van der Waals surface area contributed by atoms with Crippen LogP contribution in [0.4, 0.5) is 5.69 Å². The fourth-order valence-electron chi connectivity index (χ4n) is 9.40. The second-order valence-corrected chi connectivity index (χ2v) is 19.0. The lowest BCUT2D eigenvalue weighted by Gasteiger charge is -2.36. The van der Waals surface area contributed by atoms with Crippen molar-refractivity contribution in [3.8, 4) is 22.6 Å². The Morgan fingerprint density at radius 1 is 0.797 bits per heavy atom. The third kappa shape index (κ3) is 8.70. The molecular formula is C50H55N7O6S. The summed E-state index contributed by atoms with van der Waals surface area (Å²) in [5.41, 5.74) is 7.94. The van der Waals surface area contributed by atoms with Gasteiger partial charge in [-0.05, 0) is 66.1 Å². The maximum Gasteiger partial charge on any atom is 0.352 e. The number of ether oxygens (including phenoxy) is 2. The highest BCUT2D eigenvalue weighted by Crippen LogP contribution is 2.40. The van der Waals surface area contributed by atoms with Crippen molar-refractivity contribution in [2.75, 3.05) is 58.3 Å². The molecule has 64 heavy (non-hydrogen) atoms. The van der Waals surface area contributed by atoms with E-state index in [1.54, 1.807) is 14.1 Å². The predicted octanol–water partition coefficient (Wildman–Crippen LogP) is 7.82. The van der Waals surface area contributed by atoms with Gasteiger partial charge in [-0.3, -0.25) is 9.58 Å². The maximum absolute atomic E-state index is 13.4. The van der Waals surface area contributed by atoms with Crippen molar-refractivity contribution in [3.63, 3.8) is 0 Å². The molecule has 0 spiro atoms. The zero-order chi connectivity index (χ0) is 44.4. The van der Waals surface area contributed by atoms with Gasteiger partial charge in [0.15, 0.2) is 0 Å². The monoisotopic (exact) mass is 881 g/mol. The van der Waals surface area contributed by atoms with E-state index in [-0.39, 0.29) is 6.61 Å². The third-order valence-corrected chi connectivity index (χ3v) is 14.5. The Morgan fingerprint density at radius 3 is 2.28 bits per heavy atom. The minimum Gasteiger partial charge on any atom is -0.493 e. The molecule has 0 atom stereocenters. The summed E-state index contributed by atoms with van der Waals surface area (Å²) in [7, 11) is 1.65. The number of fused-ring (bicyclic) bond motifs is 3. The SMILES string of the molecule is CN(C)S(=O)(=O)N1CCN(c2ccc(OCc3nn(C)c4c3-c3cccc5c(CCCOc6cccc7ccccc67)c(C(=O)O)n(c35)CCCN(Cc3ccccc3)C4)cc2)CC1. The van der Waals surface area contributed by atoms with Gasteiger partial charge < -0.3 is 24.0 Å². The molecule has 1 saturated heterocycles. The molecule has 0 bridgehead atoms. The highest BCUT2D eigenvalue weighted by atomic mass is 32.2. The van der Waals surface area contributed by atoms with Crippen LogP contribution in [0.15, 0.2) is 115 Å². The molecule has 13 nitrogen and oxygen atoms in total. The van der Waals surface area contributed by atoms with E-state index in [0.29, 0.717) is 70.2 Å². The minimum atomic E-state index is -3.45. The number of aromatic nitrogens is 3. The zero-order valence-electron chi connectivity index (χ0n) is 36.7. The summed E-state index contributed by atoms with van der Waals surface area (Å²) in [4.78, 5) is 18.0. The van der Waals surface area contributed by atoms with E-state index in [2.05, 4.69) is 64.4 Å². The topological polar surface area (TPSA) is 126 Å². The molecule has 1 fully saturated rings. The number of rotatable bonds is 14. The maximum atomic E-state index is 13.4. The molecule has 0 saturated carbocycles. The first kappa shape index (κ1) is 43.1. The number of anilines is 1. The van der Waals surface area contributed by atoms with Crippen molar-refractivity contribution in [2.45, 2.75) is 45.5 Å². The second-order valence-electron chi connectivity index (χ2n) is 16.8. The summed E-state index contributed by atoms with van der Waals surface area (Å²) in [6.45, 7) is 5.33. The second kappa shape index (κ2) is 18.5. The molecule has 2 aliphatic heterocycles. The molecule has 7 aromatic rings. The molecule has 1 N–H and O–H groups in total. The minimum absolute atomic E-state index is 0.198. The predicted molar refractivity (Wildman–Crippen MR) is 251 cm³/mol. The average Bonchev–Trinajstić information content (AvgIpc) is 3.80. The van der Waals surface area contributed by atoms with Gasteiger partial charge in [-0.1, -0.05) is 84.9 Å². The van der Waals surface area contributed by atoms with Crippen molar-refractivity contribution >= 4 is 43.5 Å². The molecule has 2 aromatic heterocycles. The summed E-state index contributed by atoms with van der Waals surface area (Å²) < 4.78 is 45.0. The quantitative estimate of drug-likeness (QED) is 0.109. The number of hydrogen-bond donors (Lipinski definition) is 1.